The monoisotopic (exact) mass is 436 g/mol. The first kappa shape index (κ1) is 29.3. The second-order valence-corrected chi connectivity index (χ2v) is 8.70. The predicted molar refractivity (Wildman–Crippen MR) is 120 cm³/mol. The van der Waals surface area contributed by atoms with Crippen molar-refractivity contribution in [1.29, 1.82) is 0 Å². The van der Waals surface area contributed by atoms with E-state index in [0.29, 0.717) is 6.42 Å². The van der Waals surface area contributed by atoms with Gasteiger partial charge in [0, 0.05) is 0 Å². The van der Waals surface area contributed by atoms with Gasteiger partial charge in [-0.2, -0.15) is 13.2 Å². The Morgan fingerprint density at radius 3 is 1.07 bits per heavy atom. The van der Waals surface area contributed by atoms with Crippen molar-refractivity contribution in [3.8, 4) is 0 Å². The lowest BCUT2D eigenvalue weighted by Gasteiger charge is -2.07. The summed E-state index contributed by atoms with van der Waals surface area (Å²) in [4.78, 5) is 10.5. The minimum absolute atomic E-state index is 0.128. The minimum Gasteiger partial charge on any atom is -0.459 e. The highest BCUT2D eigenvalue weighted by Crippen LogP contribution is 2.17. The molecule has 0 amide bonds. The van der Waals surface area contributed by atoms with Crippen molar-refractivity contribution >= 4 is 5.97 Å². The molecule has 0 N–H and O–H groups in total. The Bertz CT molecular complexity index is 370. The molecule has 0 aliphatic carbocycles. The van der Waals surface area contributed by atoms with E-state index in [4.69, 9.17) is 0 Å². The number of halogens is 3. The van der Waals surface area contributed by atoms with Crippen LogP contribution in [0.5, 0.6) is 0 Å². The number of unbranched alkanes of at least 4 members (excludes halogenated alkanes) is 20. The van der Waals surface area contributed by atoms with Crippen LogP contribution < -0.4 is 0 Å². The molecule has 0 unspecified atom stereocenters. The van der Waals surface area contributed by atoms with Gasteiger partial charge in [-0.1, -0.05) is 135 Å². The van der Waals surface area contributed by atoms with Crippen LogP contribution in [0.2, 0.25) is 0 Å². The molecule has 0 aromatic rings. The molecule has 0 bridgehead atoms. The van der Waals surface area contributed by atoms with E-state index in [1.54, 1.807) is 0 Å². The molecule has 0 fully saturated rings. The lowest BCUT2D eigenvalue weighted by Crippen LogP contribution is -2.25. The summed E-state index contributed by atoms with van der Waals surface area (Å²) in [5.74, 6) is -2.07. The topological polar surface area (TPSA) is 26.3 Å². The first-order valence-corrected chi connectivity index (χ1v) is 12.7. The molecular weight excluding hydrogens is 389 g/mol. The third-order valence-corrected chi connectivity index (χ3v) is 5.71. The molecule has 0 saturated carbocycles. The Kier molecular flexibility index (Phi) is 21.0. The van der Waals surface area contributed by atoms with Gasteiger partial charge in [0.15, 0.2) is 0 Å². The van der Waals surface area contributed by atoms with Crippen molar-refractivity contribution in [1.82, 2.24) is 0 Å². The molecule has 0 atom stereocenters. The summed E-state index contributed by atoms with van der Waals surface area (Å²) >= 11 is 0. The number of rotatable bonds is 22. The summed E-state index contributed by atoms with van der Waals surface area (Å²) in [6.07, 6.45) is 21.8. The third kappa shape index (κ3) is 22.0. The number of esters is 1. The molecule has 0 aliphatic rings. The van der Waals surface area contributed by atoms with Crippen molar-refractivity contribution in [2.24, 2.45) is 0 Å². The van der Waals surface area contributed by atoms with Gasteiger partial charge < -0.3 is 4.74 Å². The van der Waals surface area contributed by atoms with Crippen molar-refractivity contribution in [2.45, 2.75) is 148 Å². The van der Waals surface area contributed by atoms with E-state index in [1.165, 1.54) is 109 Å². The maximum atomic E-state index is 11.9. The lowest BCUT2D eigenvalue weighted by atomic mass is 10.0. The van der Waals surface area contributed by atoms with Crippen LogP contribution in [0.1, 0.15) is 142 Å². The normalized spacial score (nSPS) is 11.7. The predicted octanol–water partition coefficient (Wildman–Crippen LogP) is 9.30. The molecule has 180 valence electrons. The first-order chi connectivity index (χ1) is 14.5. The number of alkyl halides is 3. The fourth-order valence-corrected chi connectivity index (χ4v) is 3.78. The van der Waals surface area contributed by atoms with E-state index >= 15 is 0 Å². The fourth-order valence-electron chi connectivity index (χ4n) is 3.78. The van der Waals surface area contributed by atoms with Crippen LogP contribution in [0, 0.1) is 0 Å². The van der Waals surface area contributed by atoms with Gasteiger partial charge in [0.2, 0.25) is 0 Å². The van der Waals surface area contributed by atoms with Gasteiger partial charge in [-0.25, -0.2) is 4.79 Å². The van der Waals surface area contributed by atoms with Gasteiger partial charge in [-0.3, -0.25) is 0 Å². The Hall–Kier alpha value is -0.740. The summed E-state index contributed by atoms with van der Waals surface area (Å²) in [5, 5.41) is 0. The van der Waals surface area contributed by atoms with E-state index in [-0.39, 0.29) is 6.61 Å². The third-order valence-electron chi connectivity index (χ3n) is 5.71. The van der Waals surface area contributed by atoms with Gasteiger partial charge in [0.25, 0.3) is 0 Å². The van der Waals surface area contributed by atoms with E-state index < -0.39 is 12.1 Å². The number of hydrogen-bond donors (Lipinski definition) is 0. The smallest absolute Gasteiger partial charge is 0.459 e. The second-order valence-electron chi connectivity index (χ2n) is 8.70. The van der Waals surface area contributed by atoms with Crippen LogP contribution in [0.25, 0.3) is 0 Å². The summed E-state index contributed by atoms with van der Waals surface area (Å²) in [6, 6.07) is 0. The highest BCUT2D eigenvalue weighted by Gasteiger charge is 2.40. The average Bonchev–Trinajstić information content (AvgIpc) is 2.71. The standard InChI is InChI=1S/C25H47F3O2/c1-2-3-4-5-6-7-8-9-10-11-12-13-14-15-16-17-18-19-20-21-22-23-30-24(29)25(26,27)28/h2-23H2,1H3. The molecule has 0 aromatic heterocycles. The van der Waals surface area contributed by atoms with Crippen LogP contribution in [-0.4, -0.2) is 18.8 Å². The van der Waals surface area contributed by atoms with Gasteiger partial charge >= 0.3 is 12.1 Å². The van der Waals surface area contributed by atoms with Crippen molar-refractivity contribution in [3.05, 3.63) is 0 Å². The molecular formula is C25H47F3O2. The lowest BCUT2D eigenvalue weighted by molar-refractivity contribution is -0.199. The molecule has 0 aromatic carbocycles. The summed E-state index contributed by atoms with van der Waals surface area (Å²) in [7, 11) is 0. The summed E-state index contributed by atoms with van der Waals surface area (Å²) in [6.45, 7) is 2.14. The van der Waals surface area contributed by atoms with Crippen LogP contribution in [0.4, 0.5) is 13.2 Å². The molecule has 0 radical (unpaired) electrons. The number of carbonyl (C=O) groups is 1. The molecule has 2 nitrogen and oxygen atoms in total. The largest absolute Gasteiger partial charge is 0.490 e. The maximum Gasteiger partial charge on any atom is 0.490 e. The quantitative estimate of drug-likeness (QED) is 0.125. The van der Waals surface area contributed by atoms with Crippen LogP contribution in [0.3, 0.4) is 0 Å². The van der Waals surface area contributed by atoms with Crippen molar-refractivity contribution in [3.63, 3.8) is 0 Å². The Labute approximate surface area is 183 Å². The SMILES string of the molecule is CCCCCCCCCCCCCCCCCCCCCCCOC(=O)C(F)(F)F. The molecule has 0 heterocycles. The van der Waals surface area contributed by atoms with Gasteiger partial charge in [-0.05, 0) is 6.42 Å². The van der Waals surface area contributed by atoms with E-state index in [1.807, 2.05) is 0 Å². The average molecular weight is 437 g/mol. The van der Waals surface area contributed by atoms with Crippen LogP contribution in [-0.2, 0) is 9.53 Å². The van der Waals surface area contributed by atoms with E-state index in [9.17, 15) is 18.0 Å². The Morgan fingerprint density at radius 2 is 0.800 bits per heavy atom. The number of carbonyl (C=O) groups excluding carboxylic acids is 1. The van der Waals surface area contributed by atoms with E-state index in [2.05, 4.69) is 11.7 Å². The Morgan fingerprint density at radius 1 is 0.533 bits per heavy atom. The van der Waals surface area contributed by atoms with Crippen molar-refractivity contribution in [2.75, 3.05) is 6.61 Å². The highest BCUT2D eigenvalue weighted by molar-refractivity contribution is 5.75. The number of hydrogen-bond acceptors (Lipinski definition) is 2. The maximum absolute atomic E-state index is 11.9. The molecule has 5 heteroatoms. The first-order valence-electron chi connectivity index (χ1n) is 12.7. The molecule has 0 aliphatic heterocycles. The highest BCUT2D eigenvalue weighted by atomic mass is 19.4. The van der Waals surface area contributed by atoms with Crippen LogP contribution >= 0.6 is 0 Å². The molecule has 30 heavy (non-hydrogen) atoms. The van der Waals surface area contributed by atoms with E-state index in [0.717, 1.165) is 19.3 Å². The summed E-state index contributed by atoms with van der Waals surface area (Å²) < 4.78 is 40.0. The van der Waals surface area contributed by atoms with Crippen molar-refractivity contribution < 1.29 is 22.7 Å². The Balaban J connectivity index is 3.09. The second kappa shape index (κ2) is 21.5. The van der Waals surface area contributed by atoms with Gasteiger partial charge in [0.05, 0.1) is 6.61 Å². The van der Waals surface area contributed by atoms with Gasteiger partial charge in [0.1, 0.15) is 0 Å². The summed E-state index contributed by atoms with van der Waals surface area (Å²) in [5.41, 5.74) is 0. The minimum atomic E-state index is -4.87. The zero-order valence-corrected chi connectivity index (χ0v) is 19.5. The fraction of sp³-hybridized carbons (Fsp3) is 0.960. The molecule has 0 rings (SSSR count). The zero-order valence-electron chi connectivity index (χ0n) is 19.5. The number of ether oxygens (including phenoxy) is 1. The van der Waals surface area contributed by atoms with Gasteiger partial charge in [-0.15, -0.1) is 0 Å². The molecule has 0 saturated heterocycles. The van der Waals surface area contributed by atoms with Crippen LogP contribution in [0.15, 0.2) is 0 Å². The molecule has 0 spiro atoms. The zero-order chi connectivity index (χ0) is 22.3.